The molecule has 0 spiro atoms. The number of carbonyl (C=O) groups is 1. The topological polar surface area (TPSA) is 65.9 Å². The predicted molar refractivity (Wildman–Crippen MR) is 135 cm³/mol. The van der Waals surface area contributed by atoms with Crippen LogP contribution in [-0.4, -0.2) is 64.6 Å². The van der Waals surface area contributed by atoms with Gasteiger partial charge in [0.15, 0.2) is 0 Å². The molecule has 0 radical (unpaired) electrons. The normalized spacial score (nSPS) is 38.0. The molecule has 6 aliphatic rings. The smallest absolute Gasteiger partial charge is 0.254 e. The number of ether oxygens (including phenoxy) is 1. The van der Waals surface area contributed by atoms with Gasteiger partial charge in [-0.05, 0) is 104 Å². The van der Waals surface area contributed by atoms with Crippen LogP contribution in [0.2, 0.25) is 0 Å². The summed E-state index contributed by atoms with van der Waals surface area (Å²) < 4.78 is 5.31. The monoisotopic (exact) mass is 485 g/mol. The van der Waals surface area contributed by atoms with E-state index in [2.05, 4.69) is 26.9 Å². The summed E-state index contributed by atoms with van der Waals surface area (Å²) in [4.78, 5) is 23.1. The van der Waals surface area contributed by atoms with Gasteiger partial charge in [-0.25, -0.2) is 4.98 Å². The molecule has 2 saturated heterocycles. The second-order valence-electron chi connectivity index (χ2n) is 12.5. The fraction of sp³-hybridized carbons (Fsp3) is 0.600. The van der Waals surface area contributed by atoms with Crippen molar-refractivity contribution >= 4 is 5.91 Å². The van der Waals surface area contributed by atoms with E-state index in [1.807, 2.05) is 12.1 Å². The Bertz CT molecular complexity index is 1260. The van der Waals surface area contributed by atoms with Gasteiger partial charge in [0.2, 0.25) is 5.88 Å². The van der Waals surface area contributed by atoms with Crippen molar-refractivity contribution in [3.05, 3.63) is 53.2 Å². The fourth-order valence-corrected chi connectivity index (χ4v) is 10.00. The Morgan fingerprint density at radius 3 is 2.92 bits per heavy atom. The van der Waals surface area contributed by atoms with Crippen LogP contribution in [0.25, 0.3) is 0 Å². The van der Waals surface area contributed by atoms with Crippen molar-refractivity contribution in [2.45, 2.75) is 62.4 Å². The van der Waals surface area contributed by atoms with Gasteiger partial charge in [0, 0.05) is 48.4 Å². The van der Waals surface area contributed by atoms with Crippen LogP contribution in [0.4, 0.5) is 0 Å². The number of amides is 1. The van der Waals surface area contributed by atoms with E-state index in [1.165, 1.54) is 43.4 Å². The van der Waals surface area contributed by atoms with Crippen LogP contribution < -0.4 is 4.74 Å². The van der Waals surface area contributed by atoms with E-state index in [4.69, 9.17) is 4.74 Å². The molecule has 1 aromatic heterocycles. The number of phenols is 1. The third kappa shape index (κ3) is 2.61. The number of carbonyl (C=O) groups excluding carboxylic acids is 1. The molecule has 3 heterocycles. The van der Waals surface area contributed by atoms with E-state index in [0.29, 0.717) is 35.1 Å². The van der Waals surface area contributed by atoms with Crippen molar-refractivity contribution in [3.8, 4) is 11.6 Å². The van der Waals surface area contributed by atoms with Gasteiger partial charge in [0.1, 0.15) is 5.75 Å². The zero-order valence-corrected chi connectivity index (χ0v) is 21.0. The molecule has 188 valence electrons. The number of pyridine rings is 1. The van der Waals surface area contributed by atoms with Crippen molar-refractivity contribution in [2.75, 3.05) is 26.7 Å². The van der Waals surface area contributed by atoms with E-state index in [1.54, 1.807) is 19.4 Å². The molecule has 2 aliphatic heterocycles. The summed E-state index contributed by atoms with van der Waals surface area (Å²) in [5, 5.41) is 10.6. The molecular weight excluding hydrogens is 450 g/mol. The molecule has 1 amide bonds. The average molecular weight is 486 g/mol. The van der Waals surface area contributed by atoms with Gasteiger partial charge in [-0.2, -0.15) is 0 Å². The first kappa shape index (κ1) is 21.5. The summed E-state index contributed by atoms with van der Waals surface area (Å²) in [5.74, 6) is 2.91. The number of benzene rings is 1. The highest BCUT2D eigenvalue weighted by atomic mass is 16.5. The number of fused-ring (bicyclic) bond motifs is 1. The first-order chi connectivity index (χ1) is 17.5. The van der Waals surface area contributed by atoms with Crippen LogP contribution in [0, 0.1) is 23.2 Å². The van der Waals surface area contributed by atoms with Crippen molar-refractivity contribution < 1.29 is 14.6 Å². The van der Waals surface area contributed by atoms with Crippen LogP contribution in [0.3, 0.4) is 0 Å². The molecule has 4 aliphatic carbocycles. The Morgan fingerprint density at radius 2 is 2.08 bits per heavy atom. The summed E-state index contributed by atoms with van der Waals surface area (Å²) in [6.07, 6.45) is 10.3. The van der Waals surface area contributed by atoms with Gasteiger partial charge in [-0.15, -0.1) is 0 Å². The largest absolute Gasteiger partial charge is 0.508 e. The van der Waals surface area contributed by atoms with E-state index in [-0.39, 0.29) is 22.8 Å². The number of nitrogens with zero attached hydrogens (tertiary/aromatic N) is 3. The predicted octanol–water partition coefficient (Wildman–Crippen LogP) is 4.01. The second kappa shape index (κ2) is 7.25. The summed E-state index contributed by atoms with van der Waals surface area (Å²) >= 11 is 0. The maximum absolute atomic E-state index is 13.8. The molecule has 2 aromatic rings. The third-order valence-corrected chi connectivity index (χ3v) is 11.2. The zero-order chi connectivity index (χ0) is 24.2. The Labute approximate surface area is 212 Å². The Balaban J connectivity index is 1.22. The minimum absolute atomic E-state index is 0.0720. The number of hydrogen-bond acceptors (Lipinski definition) is 5. The molecule has 8 rings (SSSR count). The number of rotatable bonds is 4. The maximum Gasteiger partial charge on any atom is 0.254 e. The molecule has 3 saturated carbocycles. The highest BCUT2D eigenvalue weighted by molar-refractivity contribution is 5.95. The number of phenolic OH excluding ortho intramolecular Hbond substituents is 1. The van der Waals surface area contributed by atoms with Crippen LogP contribution >= 0.6 is 0 Å². The van der Waals surface area contributed by atoms with Crippen molar-refractivity contribution in [1.82, 2.24) is 14.8 Å². The van der Waals surface area contributed by atoms with Gasteiger partial charge < -0.3 is 14.7 Å². The number of likely N-dealkylation sites (tertiary alicyclic amines) is 2. The summed E-state index contributed by atoms with van der Waals surface area (Å²) in [6, 6.07) is 10.7. The molecular formula is C30H35N3O3. The molecule has 6 nitrogen and oxygen atoms in total. The Morgan fingerprint density at radius 1 is 1.19 bits per heavy atom. The highest BCUT2D eigenvalue weighted by Gasteiger charge is 2.76. The summed E-state index contributed by atoms with van der Waals surface area (Å²) in [6.45, 7) is 3.28. The van der Waals surface area contributed by atoms with Crippen LogP contribution in [0.5, 0.6) is 11.6 Å². The quantitative estimate of drug-likeness (QED) is 0.709. The Hall–Kier alpha value is -2.60. The SMILES string of the molecule is COc1cc(C(=O)N2C[C@H]3C[C@@]45CC[C@@H]2[C@@H]3[C@@]42CCN(CC3CC3)[C@@H]5Cc3ccc(O)cc32)ccn1. The lowest BCUT2D eigenvalue weighted by molar-refractivity contribution is -0.102. The van der Waals surface area contributed by atoms with Gasteiger partial charge in [0.25, 0.3) is 5.91 Å². The van der Waals surface area contributed by atoms with E-state index < -0.39 is 0 Å². The van der Waals surface area contributed by atoms with Crippen LogP contribution in [-0.2, 0) is 11.8 Å². The first-order valence-electron chi connectivity index (χ1n) is 13.9. The van der Waals surface area contributed by atoms with Gasteiger partial charge >= 0.3 is 0 Å². The molecule has 6 atom stereocenters. The average Bonchev–Trinajstić information content (AvgIpc) is 3.59. The van der Waals surface area contributed by atoms with Crippen LogP contribution in [0.15, 0.2) is 36.5 Å². The number of piperidine rings is 1. The maximum atomic E-state index is 13.8. The van der Waals surface area contributed by atoms with Crippen molar-refractivity contribution in [1.29, 1.82) is 0 Å². The number of aromatic nitrogens is 1. The van der Waals surface area contributed by atoms with Gasteiger partial charge in [0.05, 0.1) is 7.11 Å². The highest BCUT2D eigenvalue weighted by Crippen LogP contribution is 2.75. The summed E-state index contributed by atoms with van der Waals surface area (Å²) in [7, 11) is 1.60. The number of aromatic hydroxyl groups is 1. The van der Waals surface area contributed by atoms with Crippen molar-refractivity contribution in [2.24, 2.45) is 23.2 Å². The van der Waals surface area contributed by atoms with E-state index in [9.17, 15) is 9.90 Å². The standard InChI is InChI=1S/C30H35N3O3/c1-36-26-13-20(7-10-31-26)28(35)33-17-21-15-29-8-6-24(33)27(21)30(29)9-11-32(16-18-2-3-18)25(29)12-19-4-5-22(34)14-23(19)30/h4-5,7,10,13-14,18,21,24-25,27,34H,2-3,6,8-9,11-12,15-17H2,1H3/t21-,24-,25-,27-,29-,30+/m1/s1. The summed E-state index contributed by atoms with van der Waals surface area (Å²) in [5.41, 5.74) is 3.89. The minimum Gasteiger partial charge on any atom is -0.508 e. The zero-order valence-electron chi connectivity index (χ0n) is 21.0. The molecule has 4 bridgehead atoms. The molecule has 0 unspecified atom stereocenters. The van der Waals surface area contributed by atoms with Gasteiger partial charge in [-0.1, -0.05) is 6.07 Å². The minimum atomic E-state index is 0.0720. The first-order valence-corrected chi connectivity index (χ1v) is 13.9. The van der Waals surface area contributed by atoms with Crippen molar-refractivity contribution in [3.63, 3.8) is 0 Å². The van der Waals surface area contributed by atoms with Gasteiger partial charge in [-0.3, -0.25) is 9.69 Å². The molecule has 1 N–H and O–H groups in total. The molecule has 6 heteroatoms. The third-order valence-electron chi connectivity index (χ3n) is 11.2. The molecule has 1 aromatic carbocycles. The number of hydrogen-bond donors (Lipinski definition) is 1. The molecule has 36 heavy (non-hydrogen) atoms. The lowest BCUT2D eigenvalue weighted by Gasteiger charge is -2.66. The molecule has 5 fully saturated rings. The van der Waals surface area contributed by atoms with Crippen LogP contribution in [0.1, 0.15) is 60.0 Å². The second-order valence-corrected chi connectivity index (χ2v) is 12.5. The lowest BCUT2D eigenvalue weighted by Crippen LogP contribution is -2.69. The lowest BCUT2D eigenvalue weighted by atomic mass is 9.43. The Kier molecular flexibility index (Phi) is 4.32. The van der Waals surface area contributed by atoms with E-state index in [0.717, 1.165) is 38.3 Å². The fourth-order valence-electron chi connectivity index (χ4n) is 10.00. The van der Waals surface area contributed by atoms with E-state index >= 15 is 0 Å². The number of methoxy groups -OCH3 is 1.